The number of hydrogen-bond acceptors (Lipinski definition) is 4. The summed E-state index contributed by atoms with van der Waals surface area (Å²) in [5.41, 5.74) is 3.11. The maximum Gasteiger partial charge on any atom is 0.265 e. The fourth-order valence-electron chi connectivity index (χ4n) is 3.19. The van der Waals surface area contributed by atoms with Crippen LogP contribution in [0.5, 0.6) is 0 Å². The summed E-state index contributed by atoms with van der Waals surface area (Å²) >= 11 is 0. The van der Waals surface area contributed by atoms with E-state index in [9.17, 15) is 14.4 Å². The number of nitrogen functional groups attached to an aromatic ring is 1. The van der Waals surface area contributed by atoms with Gasteiger partial charge in [-0.05, 0) is 23.1 Å². The Labute approximate surface area is 122 Å². The first kappa shape index (κ1) is 13.8. The lowest BCUT2D eigenvalue weighted by atomic mass is 10.0. The molecule has 1 aromatic rings. The minimum atomic E-state index is -0.377. The Morgan fingerprint density at radius 2 is 1.71 bits per heavy atom. The molecule has 3 rings (SSSR count). The van der Waals surface area contributed by atoms with Crippen LogP contribution in [0, 0.1) is 17.3 Å². The quantitative estimate of drug-likeness (QED) is 0.365. The van der Waals surface area contributed by atoms with Crippen molar-refractivity contribution in [1.82, 2.24) is 10.3 Å². The van der Waals surface area contributed by atoms with Gasteiger partial charge in [0.25, 0.3) is 5.91 Å². The van der Waals surface area contributed by atoms with Gasteiger partial charge in [-0.25, -0.2) is 5.84 Å². The van der Waals surface area contributed by atoms with E-state index in [1.54, 1.807) is 24.3 Å². The number of hydrazine groups is 1. The molecule has 3 N–H and O–H groups in total. The molecule has 2 atom stereocenters. The molecular formula is C15H17N3O3. The van der Waals surface area contributed by atoms with Crippen LogP contribution >= 0.6 is 0 Å². The van der Waals surface area contributed by atoms with Gasteiger partial charge in [0, 0.05) is 5.56 Å². The second-order valence-electron chi connectivity index (χ2n) is 6.21. The van der Waals surface area contributed by atoms with Gasteiger partial charge in [-0.1, -0.05) is 26.0 Å². The normalized spacial score (nSPS) is 25.8. The Hall–Kier alpha value is -2.21. The first-order chi connectivity index (χ1) is 9.87. The summed E-state index contributed by atoms with van der Waals surface area (Å²) in [4.78, 5) is 37.1. The average molecular weight is 287 g/mol. The number of carbonyl (C=O) groups excluding carboxylic acids is 3. The van der Waals surface area contributed by atoms with Crippen LogP contribution < -0.4 is 11.3 Å². The van der Waals surface area contributed by atoms with Crippen LogP contribution in [-0.4, -0.2) is 22.6 Å². The molecule has 6 nitrogen and oxygen atoms in total. The molecular weight excluding hydrogens is 270 g/mol. The van der Waals surface area contributed by atoms with E-state index < -0.39 is 0 Å². The number of benzene rings is 1. The Balaban J connectivity index is 1.72. The van der Waals surface area contributed by atoms with Gasteiger partial charge < -0.3 is 0 Å². The van der Waals surface area contributed by atoms with Crippen molar-refractivity contribution < 1.29 is 14.4 Å². The predicted molar refractivity (Wildman–Crippen MR) is 74.4 cm³/mol. The highest BCUT2D eigenvalue weighted by Gasteiger charge is 2.72. The average Bonchev–Trinajstić information content (AvgIpc) is 2.95. The van der Waals surface area contributed by atoms with Gasteiger partial charge >= 0.3 is 0 Å². The monoisotopic (exact) mass is 287 g/mol. The van der Waals surface area contributed by atoms with Gasteiger partial charge in [-0.15, -0.1) is 0 Å². The molecule has 1 heterocycles. The number of fused-ring (bicyclic) bond motifs is 1. The lowest BCUT2D eigenvalue weighted by Gasteiger charge is -2.20. The Bertz CT molecular complexity index is 612. The number of nitrogens with two attached hydrogens (primary N) is 1. The zero-order valence-corrected chi connectivity index (χ0v) is 11.9. The van der Waals surface area contributed by atoms with Crippen molar-refractivity contribution >= 4 is 17.7 Å². The van der Waals surface area contributed by atoms with Crippen LogP contribution in [0.15, 0.2) is 24.3 Å². The van der Waals surface area contributed by atoms with Crippen LogP contribution in [0.4, 0.5) is 0 Å². The first-order valence-corrected chi connectivity index (χ1v) is 6.83. The molecule has 21 heavy (non-hydrogen) atoms. The molecule has 1 aliphatic heterocycles. The van der Waals surface area contributed by atoms with Crippen LogP contribution in [0.25, 0.3) is 0 Å². The molecule has 1 saturated carbocycles. The summed E-state index contributed by atoms with van der Waals surface area (Å²) in [6, 6.07) is 6.68. The number of likely N-dealkylation sites (tertiary alicyclic amines) is 1. The molecule has 0 bridgehead atoms. The third kappa shape index (κ3) is 1.94. The Morgan fingerprint density at radius 3 is 2.19 bits per heavy atom. The van der Waals surface area contributed by atoms with E-state index in [0.29, 0.717) is 5.56 Å². The summed E-state index contributed by atoms with van der Waals surface area (Å²) < 4.78 is 0. The highest BCUT2D eigenvalue weighted by molar-refractivity contribution is 6.10. The minimum Gasteiger partial charge on any atom is -0.290 e. The van der Waals surface area contributed by atoms with Gasteiger partial charge in [0.1, 0.15) is 0 Å². The van der Waals surface area contributed by atoms with E-state index >= 15 is 0 Å². The predicted octanol–water partition coefficient (Wildman–Crippen LogP) is 0.431. The van der Waals surface area contributed by atoms with E-state index in [1.165, 1.54) is 4.90 Å². The molecule has 6 heteroatoms. The standard InChI is InChI=1S/C15H17N3O3/c1-15(2)10-11(15)14(21)18(13(10)20)7-8-3-5-9(6-4-8)12(19)17-16/h3-6,10-11H,7,16H2,1-2H3,(H,17,19). The summed E-state index contributed by atoms with van der Waals surface area (Å²) in [5.74, 6) is 4.19. The summed E-state index contributed by atoms with van der Waals surface area (Å²) in [5, 5.41) is 0. The maximum absolute atomic E-state index is 12.2. The smallest absolute Gasteiger partial charge is 0.265 e. The number of hydrogen-bond donors (Lipinski definition) is 2. The molecule has 0 spiro atoms. The lowest BCUT2D eigenvalue weighted by Crippen LogP contribution is -2.35. The lowest BCUT2D eigenvalue weighted by molar-refractivity contribution is -0.143. The van der Waals surface area contributed by atoms with Gasteiger partial charge in [-0.3, -0.25) is 24.7 Å². The number of imide groups is 1. The van der Waals surface area contributed by atoms with Gasteiger partial charge in [0.2, 0.25) is 11.8 Å². The largest absolute Gasteiger partial charge is 0.290 e. The number of rotatable bonds is 3. The van der Waals surface area contributed by atoms with Crippen molar-refractivity contribution in [2.45, 2.75) is 20.4 Å². The molecule has 3 amide bonds. The fraction of sp³-hybridized carbons (Fsp3) is 0.400. The van der Waals surface area contributed by atoms with E-state index in [1.807, 2.05) is 13.8 Å². The Morgan fingerprint density at radius 1 is 1.19 bits per heavy atom. The zero-order valence-electron chi connectivity index (χ0n) is 11.9. The first-order valence-electron chi connectivity index (χ1n) is 6.83. The van der Waals surface area contributed by atoms with E-state index in [4.69, 9.17) is 5.84 Å². The second kappa shape index (κ2) is 4.39. The van der Waals surface area contributed by atoms with Gasteiger partial charge in [0.15, 0.2) is 0 Å². The third-order valence-electron chi connectivity index (χ3n) is 4.58. The molecule has 2 unspecified atom stereocenters. The molecule has 0 radical (unpaired) electrons. The number of nitrogens with one attached hydrogen (secondary N) is 1. The van der Waals surface area contributed by atoms with E-state index in [-0.39, 0.29) is 41.5 Å². The number of carbonyl (C=O) groups is 3. The van der Waals surface area contributed by atoms with Gasteiger partial charge in [0.05, 0.1) is 18.4 Å². The molecule has 1 saturated heterocycles. The highest BCUT2D eigenvalue weighted by atomic mass is 16.2. The zero-order chi connectivity index (χ0) is 15.4. The number of amides is 3. The SMILES string of the molecule is CC1(C)C2C(=O)N(Cc3ccc(C(=O)NN)cc3)C(=O)C21. The maximum atomic E-state index is 12.2. The highest BCUT2D eigenvalue weighted by Crippen LogP contribution is 2.63. The van der Waals surface area contributed by atoms with Gasteiger partial charge in [-0.2, -0.15) is 0 Å². The summed E-state index contributed by atoms with van der Waals surface area (Å²) in [6.07, 6.45) is 0. The van der Waals surface area contributed by atoms with E-state index in [0.717, 1.165) is 5.56 Å². The molecule has 2 aliphatic rings. The summed E-state index contributed by atoms with van der Waals surface area (Å²) in [7, 11) is 0. The van der Waals surface area contributed by atoms with Crippen molar-refractivity contribution in [1.29, 1.82) is 0 Å². The molecule has 0 aromatic heterocycles. The van der Waals surface area contributed by atoms with Crippen molar-refractivity contribution in [2.75, 3.05) is 0 Å². The third-order valence-corrected chi connectivity index (χ3v) is 4.58. The summed E-state index contributed by atoms with van der Waals surface area (Å²) in [6.45, 7) is 4.16. The van der Waals surface area contributed by atoms with E-state index in [2.05, 4.69) is 5.43 Å². The number of piperidine rings is 1. The molecule has 2 fully saturated rings. The molecule has 110 valence electrons. The number of nitrogens with zero attached hydrogens (tertiary/aromatic N) is 1. The fourth-order valence-corrected chi connectivity index (χ4v) is 3.19. The van der Waals surface area contributed by atoms with Crippen molar-refractivity contribution in [3.05, 3.63) is 35.4 Å². The van der Waals surface area contributed by atoms with Crippen molar-refractivity contribution in [2.24, 2.45) is 23.1 Å². The topological polar surface area (TPSA) is 92.5 Å². The Kier molecular flexibility index (Phi) is 2.88. The van der Waals surface area contributed by atoms with Crippen molar-refractivity contribution in [3.63, 3.8) is 0 Å². The van der Waals surface area contributed by atoms with Crippen molar-refractivity contribution in [3.8, 4) is 0 Å². The molecule has 1 aromatic carbocycles. The minimum absolute atomic E-state index is 0.0845. The van der Waals surface area contributed by atoms with Crippen LogP contribution in [0.3, 0.4) is 0 Å². The molecule has 1 aliphatic carbocycles. The second-order valence-corrected chi connectivity index (χ2v) is 6.21. The van der Waals surface area contributed by atoms with Crippen LogP contribution in [0.1, 0.15) is 29.8 Å². The van der Waals surface area contributed by atoms with Crippen LogP contribution in [-0.2, 0) is 16.1 Å². The van der Waals surface area contributed by atoms with Crippen LogP contribution in [0.2, 0.25) is 0 Å².